The van der Waals surface area contributed by atoms with E-state index in [4.69, 9.17) is 9.16 Å². The molecule has 1 aromatic rings. The van der Waals surface area contributed by atoms with Crippen LogP contribution in [0.5, 0.6) is 5.75 Å². The van der Waals surface area contributed by atoms with E-state index < -0.39 is 19.3 Å². The molecule has 1 heterocycles. The minimum Gasteiger partial charge on any atom is -0.478 e. The van der Waals surface area contributed by atoms with Crippen molar-refractivity contribution in [2.45, 2.75) is 51.4 Å². The van der Waals surface area contributed by atoms with Crippen LogP contribution in [-0.4, -0.2) is 31.9 Å². The average molecular weight is 352 g/mol. The third-order valence-electron chi connectivity index (χ3n) is 4.64. The number of carbonyl (C=O) groups excluding carboxylic acids is 1. The maximum atomic E-state index is 12.1. The highest BCUT2D eigenvalue weighted by Gasteiger charge is 2.37. The van der Waals surface area contributed by atoms with Crippen molar-refractivity contribution >= 4 is 25.6 Å². The van der Waals surface area contributed by atoms with Crippen molar-refractivity contribution in [1.29, 1.82) is 0 Å². The van der Waals surface area contributed by atoms with Gasteiger partial charge in [-0.3, -0.25) is 14.9 Å². The molecule has 1 aliphatic rings. The molecule has 1 aliphatic heterocycles. The number of rotatable bonds is 5. The van der Waals surface area contributed by atoms with Crippen LogP contribution in [0.3, 0.4) is 0 Å². The van der Waals surface area contributed by atoms with Crippen molar-refractivity contribution in [1.82, 2.24) is 0 Å². The van der Waals surface area contributed by atoms with Crippen LogP contribution in [0.2, 0.25) is 18.1 Å². The van der Waals surface area contributed by atoms with Crippen LogP contribution in [-0.2, 0) is 9.22 Å². The average Bonchev–Trinajstić information content (AvgIpc) is 2.45. The zero-order valence-corrected chi connectivity index (χ0v) is 15.7. The first-order chi connectivity index (χ1) is 11.0. The largest absolute Gasteiger partial charge is 0.478 e. The smallest absolute Gasteiger partial charge is 0.271 e. The summed E-state index contributed by atoms with van der Waals surface area (Å²) >= 11 is 0. The molecule has 8 heteroatoms. The number of nitro benzene ring substituents is 1. The molecule has 0 saturated carbocycles. The van der Waals surface area contributed by atoms with Crippen molar-refractivity contribution in [3.05, 3.63) is 28.3 Å². The normalized spacial score (nSPS) is 17.7. The number of amides is 1. The molecule has 0 spiro atoms. The molecule has 0 bridgehead atoms. The van der Waals surface area contributed by atoms with E-state index in [1.807, 2.05) is 0 Å². The fourth-order valence-electron chi connectivity index (χ4n) is 2.08. The van der Waals surface area contributed by atoms with Gasteiger partial charge in [-0.05, 0) is 24.2 Å². The fraction of sp³-hybridized carbons (Fsp3) is 0.562. The summed E-state index contributed by atoms with van der Waals surface area (Å²) in [6, 6.07) is 4.17. The topological polar surface area (TPSA) is 90.7 Å². The lowest BCUT2D eigenvalue weighted by molar-refractivity contribution is -0.384. The van der Waals surface area contributed by atoms with Crippen molar-refractivity contribution in [3.63, 3.8) is 0 Å². The lowest BCUT2D eigenvalue weighted by Gasteiger charge is -2.36. The van der Waals surface area contributed by atoms with Crippen molar-refractivity contribution in [2.75, 3.05) is 11.9 Å². The quantitative estimate of drug-likeness (QED) is 0.495. The van der Waals surface area contributed by atoms with Gasteiger partial charge in [-0.2, -0.15) is 0 Å². The van der Waals surface area contributed by atoms with E-state index in [1.54, 1.807) is 0 Å². The van der Waals surface area contributed by atoms with Gasteiger partial charge >= 0.3 is 0 Å². The summed E-state index contributed by atoms with van der Waals surface area (Å²) in [4.78, 5) is 22.4. The third-order valence-corrected chi connectivity index (χ3v) is 9.18. The summed E-state index contributed by atoms with van der Waals surface area (Å²) in [6.07, 6.45) is -0.210. The van der Waals surface area contributed by atoms with Gasteiger partial charge in [0.15, 0.2) is 14.4 Å². The lowest BCUT2D eigenvalue weighted by atomic mass is 10.1. The van der Waals surface area contributed by atoms with Gasteiger partial charge in [-0.1, -0.05) is 20.8 Å². The Balaban J connectivity index is 2.00. The Morgan fingerprint density at radius 2 is 2.04 bits per heavy atom. The van der Waals surface area contributed by atoms with Gasteiger partial charge in [-0.25, -0.2) is 0 Å². The maximum absolute atomic E-state index is 12.1. The van der Waals surface area contributed by atoms with Crippen LogP contribution in [0.1, 0.15) is 27.2 Å². The summed E-state index contributed by atoms with van der Waals surface area (Å²) in [7, 11) is -1.87. The fourth-order valence-corrected chi connectivity index (χ4v) is 3.14. The molecule has 1 aromatic carbocycles. The van der Waals surface area contributed by atoms with Gasteiger partial charge in [0, 0.05) is 25.2 Å². The second-order valence-corrected chi connectivity index (χ2v) is 12.2. The minimum atomic E-state index is -1.87. The van der Waals surface area contributed by atoms with Gasteiger partial charge < -0.3 is 14.5 Å². The Bertz CT molecular complexity index is 654. The molecule has 1 N–H and O–H groups in total. The molecule has 1 atom stereocenters. The van der Waals surface area contributed by atoms with Gasteiger partial charge in [0.2, 0.25) is 0 Å². The molecule has 0 aromatic heterocycles. The molecule has 0 fully saturated rings. The maximum Gasteiger partial charge on any atom is 0.271 e. The lowest BCUT2D eigenvalue weighted by Crippen LogP contribution is -2.43. The van der Waals surface area contributed by atoms with Gasteiger partial charge in [0.05, 0.1) is 10.6 Å². The van der Waals surface area contributed by atoms with Crippen LogP contribution in [0.25, 0.3) is 0 Å². The summed E-state index contributed by atoms with van der Waals surface area (Å²) in [5.74, 6) is 0.138. The molecular formula is C16H24N2O5Si. The van der Waals surface area contributed by atoms with E-state index in [9.17, 15) is 14.9 Å². The minimum absolute atomic E-state index is 0.0858. The Hall–Kier alpha value is -1.93. The molecule has 1 unspecified atom stereocenters. The number of carbonyl (C=O) groups is 1. The monoisotopic (exact) mass is 352 g/mol. The van der Waals surface area contributed by atoms with Gasteiger partial charge in [-0.15, -0.1) is 0 Å². The Labute approximate surface area is 142 Å². The first-order valence-electron chi connectivity index (χ1n) is 7.91. The summed E-state index contributed by atoms with van der Waals surface area (Å²) in [6.45, 7) is 11.2. The van der Waals surface area contributed by atoms with Crippen molar-refractivity contribution in [2.24, 2.45) is 0 Å². The zero-order valence-electron chi connectivity index (χ0n) is 14.7. The summed E-state index contributed by atoms with van der Waals surface area (Å²) in [5.41, 5.74) is 0.244. The van der Waals surface area contributed by atoms with Crippen LogP contribution >= 0.6 is 0 Å². The second-order valence-electron chi connectivity index (χ2n) is 7.43. The number of nitrogens with one attached hydrogen (secondary N) is 1. The number of hydrogen-bond donors (Lipinski definition) is 1. The number of hydrogen-bond acceptors (Lipinski definition) is 5. The highest BCUT2D eigenvalue weighted by molar-refractivity contribution is 6.74. The van der Waals surface area contributed by atoms with Gasteiger partial charge in [0.25, 0.3) is 11.6 Å². The predicted octanol–water partition coefficient (Wildman–Crippen LogP) is 3.71. The summed E-state index contributed by atoms with van der Waals surface area (Å²) < 4.78 is 11.8. The van der Waals surface area contributed by atoms with Crippen LogP contribution in [0.4, 0.5) is 11.4 Å². The standard InChI is InChI=1S/C16H24N2O5Si/c1-16(2,3)24(4,5)22-9-8-14-15(19)17-12-10-11(18(20)21)6-7-13(12)23-14/h6-7,10,14H,8-9H2,1-5H3,(H,17,19). The SMILES string of the molecule is CC(C)(C)[Si](C)(C)OCCC1Oc2ccc([N+](=O)[O-])cc2NC1=O. The second kappa shape index (κ2) is 6.52. The third kappa shape index (κ3) is 3.93. The van der Waals surface area contributed by atoms with Crippen LogP contribution in [0.15, 0.2) is 18.2 Å². The van der Waals surface area contributed by atoms with Crippen LogP contribution in [0, 0.1) is 10.1 Å². The highest BCUT2D eigenvalue weighted by atomic mass is 28.4. The van der Waals surface area contributed by atoms with E-state index in [0.29, 0.717) is 24.5 Å². The van der Waals surface area contributed by atoms with Crippen molar-refractivity contribution < 1.29 is 18.9 Å². The van der Waals surface area contributed by atoms with Crippen LogP contribution < -0.4 is 10.1 Å². The van der Waals surface area contributed by atoms with E-state index in [0.717, 1.165) is 0 Å². The predicted molar refractivity (Wildman–Crippen MR) is 93.9 cm³/mol. The highest BCUT2D eigenvalue weighted by Crippen LogP contribution is 2.37. The summed E-state index contributed by atoms with van der Waals surface area (Å²) in [5, 5.41) is 13.6. The Morgan fingerprint density at radius 3 is 2.62 bits per heavy atom. The molecule has 2 rings (SSSR count). The molecule has 0 radical (unpaired) electrons. The van der Waals surface area contributed by atoms with E-state index in [-0.39, 0.29) is 16.6 Å². The number of non-ortho nitro benzene ring substituents is 1. The molecule has 132 valence electrons. The number of anilines is 1. The first-order valence-corrected chi connectivity index (χ1v) is 10.8. The number of nitrogens with zero attached hydrogens (tertiary/aromatic N) is 1. The van der Waals surface area contributed by atoms with E-state index >= 15 is 0 Å². The number of nitro groups is 1. The first kappa shape index (κ1) is 18.4. The van der Waals surface area contributed by atoms with E-state index in [2.05, 4.69) is 39.2 Å². The Morgan fingerprint density at radius 1 is 1.38 bits per heavy atom. The molecule has 0 saturated heterocycles. The number of fused-ring (bicyclic) bond motifs is 1. The molecule has 7 nitrogen and oxygen atoms in total. The van der Waals surface area contributed by atoms with E-state index in [1.165, 1.54) is 18.2 Å². The number of ether oxygens (including phenoxy) is 1. The number of benzene rings is 1. The molecule has 24 heavy (non-hydrogen) atoms. The van der Waals surface area contributed by atoms with Crippen molar-refractivity contribution in [3.8, 4) is 5.75 Å². The molecule has 1 amide bonds. The molecule has 0 aliphatic carbocycles. The zero-order chi connectivity index (χ0) is 18.1. The Kier molecular flexibility index (Phi) is 5.00. The molecular weight excluding hydrogens is 328 g/mol. The van der Waals surface area contributed by atoms with Gasteiger partial charge in [0.1, 0.15) is 5.75 Å².